The molecule has 1 atom stereocenters. The molecule has 1 aromatic carbocycles. The highest BCUT2D eigenvalue weighted by molar-refractivity contribution is 7.18. The Hall–Kier alpha value is -2.67. The lowest BCUT2D eigenvalue weighted by atomic mass is 9.89. The van der Waals surface area contributed by atoms with Crippen LogP contribution in [0.25, 0.3) is 10.2 Å². The molecule has 1 aliphatic rings. The fourth-order valence-corrected chi connectivity index (χ4v) is 5.31. The molecule has 1 amide bonds. The first-order valence-corrected chi connectivity index (χ1v) is 10.8. The van der Waals surface area contributed by atoms with Crippen LogP contribution in [0.5, 0.6) is 5.75 Å². The summed E-state index contributed by atoms with van der Waals surface area (Å²) in [7, 11) is 0. The number of anilines is 1. The van der Waals surface area contributed by atoms with Crippen LogP contribution >= 0.6 is 11.3 Å². The molecule has 4 rings (SSSR count). The number of aryl methyl sites for hydroxylation is 2. The minimum Gasteiger partial charge on any atom is -0.492 e. The first kappa shape index (κ1) is 19.6. The highest BCUT2D eigenvalue weighted by Crippen LogP contribution is 2.35. The number of carbonyl (C=O) groups is 1. The molecule has 1 unspecified atom stereocenters. The van der Waals surface area contributed by atoms with Gasteiger partial charge in [-0.05, 0) is 56.7 Å². The lowest BCUT2D eigenvalue weighted by Crippen LogP contribution is -2.30. The molecule has 0 radical (unpaired) electrons. The van der Waals surface area contributed by atoms with Gasteiger partial charge in [0, 0.05) is 4.88 Å². The molecular formula is C22H25N3O3S. The lowest BCUT2D eigenvalue weighted by molar-refractivity contribution is -0.116. The van der Waals surface area contributed by atoms with Crippen LogP contribution in [0, 0.1) is 12.8 Å². The Bertz CT molecular complexity index is 1130. The normalized spacial score (nSPS) is 15.9. The second-order valence-electron chi connectivity index (χ2n) is 7.56. The standard InChI is InChI=1S/C22H25N3O3S/c1-4-28-17-8-6-5-7-16(17)24-19(26)12-25-14(3)23-21-20(22(25)27)15-10-9-13(2)11-18(15)29-21/h5-8,13H,4,9-12H2,1-3H3,(H,24,26). The van der Waals surface area contributed by atoms with Gasteiger partial charge in [-0.25, -0.2) is 4.98 Å². The Morgan fingerprint density at radius 1 is 1.38 bits per heavy atom. The van der Waals surface area contributed by atoms with Crippen molar-refractivity contribution < 1.29 is 9.53 Å². The summed E-state index contributed by atoms with van der Waals surface area (Å²) in [5, 5.41) is 3.56. The summed E-state index contributed by atoms with van der Waals surface area (Å²) in [5.74, 6) is 1.53. The second-order valence-corrected chi connectivity index (χ2v) is 8.64. The number of thiophene rings is 1. The summed E-state index contributed by atoms with van der Waals surface area (Å²) in [4.78, 5) is 32.7. The zero-order valence-corrected chi connectivity index (χ0v) is 17.8. The number of benzene rings is 1. The molecule has 0 saturated heterocycles. The molecule has 0 saturated carbocycles. The molecule has 0 spiro atoms. The Morgan fingerprint density at radius 2 is 2.17 bits per heavy atom. The Morgan fingerprint density at radius 3 is 2.97 bits per heavy atom. The van der Waals surface area contributed by atoms with Crippen LogP contribution in [0.2, 0.25) is 0 Å². The van der Waals surface area contributed by atoms with Crippen molar-refractivity contribution in [3.63, 3.8) is 0 Å². The Labute approximate surface area is 173 Å². The highest BCUT2D eigenvalue weighted by Gasteiger charge is 2.24. The minimum atomic E-state index is -0.277. The third kappa shape index (κ3) is 3.79. The van der Waals surface area contributed by atoms with E-state index >= 15 is 0 Å². The Kier molecular flexibility index (Phi) is 5.41. The zero-order valence-electron chi connectivity index (χ0n) is 16.9. The number of aromatic nitrogens is 2. The van der Waals surface area contributed by atoms with Crippen molar-refractivity contribution in [1.29, 1.82) is 0 Å². The highest BCUT2D eigenvalue weighted by atomic mass is 32.1. The molecule has 3 aromatic rings. The number of ether oxygens (including phenoxy) is 1. The van der Waals surface area contributed by atoms with E-state index in [-0.39, 0.29) is 18.0 Å². The summed E-state index contributed by atoms with van der Waals surface area (Å²) in [6.07, 6.45) is 2.99. The van der Waals surface area contributed by atoms with E-state index in [9.17, 15) is 9.59 Å². The average molecular weight is 412 g/mol. The molecular weight excluding hydrogens is 386 g/mol. The molecule has 29 heavy (non-hydrogen) atoms. The van der Waals surface area contributed by atoms with Gasteiger partial charge in [-0.1, -0.05) is 19.1 Å². The number of fused-ring (bicyclic) bond motifs is 3. The first-order valence-electron chi connectivity index (χ1n) is 10.0. The smallest absolute Gasteiger partial charge is 0.263 e. The van der Waals surface area contributed by atoms with E-state index in [2.05, 4.69) is 17.2 Å². The number of carbonyl (C=O) groups excluding carboxylic acids is 1. The van der Waals surface area contributed by atoms with E-state index in [4.69, 9.17) is 4.74 Å². The SMILES string of the molecule is CCOc1ccccc1NC(=O)Cn1c(C)nc2sc3c(c2c1=O)CCC(C)C3. The maximum Gasteiger partial charge on any atom is 0.263 e. The lowest BCUT2D eigenvalue weighted by Gasteiger charge is -2.17. The monoisotopic (exact) mass is 411 g/mol. The van der Waals surface area contributed by atoms with Gasteiger partial charge in [-0.3, -0.25) is 14.2 Å². The number of rotatable bonds is 5. The van der Waals surface area contributed by atoms with Gasteiger partial charge in [-0.2, -0.15) is 0 Å². The summed E-state index contributed by atoms with van der Waals surface area (Å²) in [6.45, 7) is 6.35. The van der Waals surface area contributed by atoms with E-state index in [0.29, 0.717) is 35.2 Å². The quantitative estimate of drug-likeness (QED) is 0.690. The number of nitrogens with one attached hydrogen (secondary N) is 1. The molecule has 6 nitrogen and oxygen atoms in total. The number of nitrogens with zero attached hydrogens (tertiary/aromatic N) is 2. The van der Waals surface area contributed by atoms with E-state index < -0.39 is 0 Å². The van der Waals surface area contributed by atoms with Gasteiger partial charge in [0.2, 0.25) is 5.91 Å². The van der Waals surface area contributed by atoms with E-state index in [1.54, 1.807) is 24.3 Å². The van der Waals surface area contributed by atoms with Gasteiger partial charge in [0.15, 0.2) is 0 Å². The molecule has 7 heteroatoms. The van der Waals surface area contributed by atoms with Crippen molar-refractivity contribution in [3.05, 3.63) is 50.9 Å². The van der Waals surface area contributed by atoms with Crippen molar-refractivity contribution in [1.82, 2.24) is 9.55 Å². The molecule has 0 fully saturated rings. The maximum absolute atomic E-state index is 13.2. The van der Waals surface area contributed by atoms with Crippen LogP contribution in [0.3, 0.4) is 0 Å². The van der Waals surface area contributed by atoms with Crippen LogP contribution < -0.4 is 15.6 Å². The van der Waals surface area contributed by atoms with Crippen LogP contribution in [0.1, 0.15) is 36.5 Å². The molecule has 0 aliphatic heterocycles. The van der Waals surface area contributed by atoms with Gasteiger partial charge in [0.05, 0.1) is 17.7 Å². The molecule has 2 heterocycles. The molecule has 1 N–H and O–H groups in total. The first-order chi connectivity index (χ1) is 14.0. The third-order valence-corrected chi connectivity index (χ3v) is 6.52. The minimum absolute atomic E-state index is 0.0743. The second kappa shape index (κ2) is 7.99. The number of hydrogen-bond acceptors (Lipinski definition) is 5. The molecule has 0 bridgehead atoms. The van der Waals surface area contributed by atoms with E-state index in [1.807, 2.05) is 25.1 Å². The van der Waals surface area contributed by atoms with Crippen molar-refractivity contribution in [2.75, 3.05) is 11.9 Å². The fourth-order valence-electron chi connectivity index (χ4n) is 3.90. The number of para-hydroxylation sites is 2. The number of hydrogen-bond donors (Lipinski definition) is 1. The zero-order chi connectivity index (χ0) is 20.5. The predicted molar refractivity (Wildman–Crippen MR) is 116 cm³/mol. The average Bonchev–Trinajstić information content (AvgIpc) is 3.04. The molecule has 1 aliphatic carbocycles. The molecule has 152 valence electrons. The van der Waals surface area contributed by atoms with Crippen LogP contribution in [0.15, 0.2) is 29.1 Å². The van der Waals surface area contributed by atoms with Crippen molar-refractivity contribution >= 4 is 33.1 Å². The Balaban J connectivity index is 1.65. The predicted octanol–water partition coefficient (Wildman–Crippen LogP) is 3.93. The van der Waals surface area contributed by atoms with Crippen LogP contribution in [-0.2, 0) is 24.2 Å². The number of amides is 1. The summed E-state index contributed by atoms with van der Waals surface area (Å²) < 4.78 is 7.04. The maximum atomic E-state index is 13.2. The van der Waals surface area contributed by atoms with Gasteiger partial charge < -0.3 is 10.1 Å². The third-order valence-electron chi connectivity index (χ3n) is 5.37. The summed E-state index contributed by atoms with van der Waals surface area (Å²) in [5.41, 5.74) is 1.62. The van der Waals surface area contributed by atoms with Gasteiger partial charge >= 0.3 is 0 Å². The van der Waals surface area contributed by atoms with E-state index in [1.165, 1.54) is 9.44 Å². The summed E-state index contributed by atoms with van der Waals surface area (Å²) in [6, 6.07) is 7.29. The van der Waals surface area contributed by atoms with Crippen LogP contribution in [-0.4, -0.2) is 22.1 Å². The van der Waals surface area contributed by atoms with Crippen molar-refractivity contribution in [2.45, 2.75) is 46.6 Å². The summed E-state index contributed by atoms with van der Waals surface area (Å²) >= 11 is 1.63. The molecule has 2 aromatic heterocycles. The van der Waals surface area contributed by atoms with Gasteiger partial charge in [0.1, 0.15) is 22.9 Å². The van der Waals surface area contributed by atoms with Crippen molar-refractivity contribution in [3.8, 4) is 5.75 Å². The van der Waals surface area contributed by atoms with E-state index in [0.717, 1.165) is 29.7 Å². The fraction of sp³-hybridized carbons (Fsp3) is 0.409. The van der Waals surface area contributed by atoms with Gasteiger partial charge in [-0.15, -0.1) is 11.3 Å². The van der Waals surface area contributed by atoms with Gasteiger partial charge in [0.25, 0.3) is 5.56 Å². The topological polar surface area (TPSA) is 73.2 Å². The van der Waals surface area contributed by atoms with Crippen LogP contribution in [0.4, 0.5) is 5.69 Å². The van der Waals surface area contributed by atoms with Crippen molar-refractivity contribution in [2.24, 2.45) is 5.92 Å². The largest absolute Gasteiger partial charge is 0.492 e.